The lowest BCUT2D eigenvalue weighted by Gasteiger charge is -2.24. The van der Waals surface area contributed by atoms with Crippen molar-refractivity contribution >= 4 is 11.6 Å². The number of hydrogen-bond acceptors (Lipinski definition) is 3. The lowest BCUT2D eigenvalue weighted by molar-refractivity contribution is 0.0649. The summed E-state index contributed by atoms with van der Waals surface area (Å²) in [5, 5.41) is 20.6. The van der Waals surface area contributed by atoms with E-state index in [0.29, 0.717) is 23.6 Å². The van der Waals surface area contributed by atoms with Crippen LogP contribution in [0.4, 0.5) is 0 Å². The van der Waals surface area contributed by atoms with Crippen molar-refractivity contribution in [3.8, 4) is 5.75 Å². The quantitative estimate of drug-likeness (QED) is 0.678. The van der Waals surface area contributed by atoms with Gasteiger partial charge in [0.05, 0.1) is 13.2 Å². The minimum Gasteiger partial charge on any atom is -0.496 e. The number of methoxy groups -OCH3 is 1. The topological polar surface area (TPSA) is 49.7 Å². The molecule has 0 saturated heterocycles. The molecule has 2 aromatic carbocycles. The van der Waals surface area contributed by atoms with Crippen molar-refractivity contribution in [2.24, 2.45) is 5.92 Å². The molecule has 4 heteroatoms. The molecule has 3 nitrogen and oxygen atoms in total. The van der Waals surface area contributed by atoms with E-state index in [-0.39, 0.29) is 12.5 Å². The van der Waals surface area contributed by atoms with Gasteiger partial charge in [0.25, 0.3) is 0 Å². The molecule has 130 valence electrons. The first-order chi connectivity index (χ1) is 11.7. The summed E-state index contributed by atoms with van der Waals surface area (Å²) in [4.78, 5) is 0. The number of alkyl halides is 1. The highest BCUT2D eigenvalue weighted by Crippen LogP contribution is 2.32. The fraction of sp³-hybridized carbons (Fsp3) is 0.400. The van der Waals surface area contributed by atoms with Crippen LogP contribution >= 0.6 is 11.6 Å². The molecule has 2 atom stereocenters. The summed E-state index contributed by atoms with van der Waals surface area (Å²) in [7, 11) is 1.58. The largest absolute Gasteiger partial charge is 0.496 e. The Morgan fingerprint density at radius 2 is 1.71 bits per heavy atom. The molecular weight excluding hydrogens is 324 g/mol. The van der Waals surface area contributed by atoms with Crippen molar-refractivity contribution in [1.82, 2.24) is 0 Å². The van der Waals surface area contributed by atoms with Gasteiger partial charge in [-0.2, -0.15) is 0 Å². The van der Waals surface area contributed by atoms with Crippen molar-refractivity contribution < 1.29 is 14.9 Å². The fourth-order valence-electron chi connectivity index (χ4n) is 2.98. The predicted octanol–water partition coefficient (Wildman–Crippen LogP) is 3.75. The second-order valence-electron chi connectivity index (χ2n) is 5.89. The van der Waals surface area contributed by atoms with Gasteiger partial charge < -0.3 is 14.9 Å². The molecule has 0 aliphatic rings. The Kier molecular flexibility index (Phi) is 7.57. The van der Waals surface area contributed by atoms with Gasteiger partial charge >= 0.3 is 0 Å². The molecular formula is C20H25ClO3. The second kappa shape index (κ2) is 9.67. The predicted molar refractivity (Wildman–Crippen MR) is 97.7 cm³/mol. The lowest BCUT2D eigenvalue weighted by atomic mass is 9.87. The van der Waals surface area contributed by atoms with E-state index in [4.69, 9.17) is 16.3 Å². The first-order valence-electron chi connectivity index (χ1n) is 8.25. The number of aliphatic hydroxyl groups excluding tert-OH is 2. The van der Waals surface area contributed by atoms with E-state index < -0.39 is 6.10 Å². The third-order valence-electron chi connectivity index (χ3n) is 4.32. The molecule has 2 aromatic rings. The van der Waals surface area contributed by atoms with Crippen LogP contribution in [0, 0.1) is 5.92 Å². The Labute approximate surface area is 148 Å². The van der Waals surface area contributed by atoms with Crippen LogP contribution in [0.2, 0.25) is 0 Å². The van der Waals surface area contributed by atoms with Crippen molar-refractivity contribution in [1.29, 1.82) is 0 Å². The van der Waals surface area contributed by atoms with E-state index in [1.165, 1.54) is 5.56 Å². The van der Waals surface area contributed by atoms with E-state index in [0.717, 1.165) is 18.4 Å². The second-order valence-corrected chi connectivity index (χ2v) is 6.27. The van der Waals surface area contributed by atoms with Crippen molar-refractivity contribution in [3.63, 3.8) is 0 Å². The summed E-state index contributed by atoms with van der Waals surface area (Å²) in [5.74, 6) is 0.971. The average molecular weight is 349 g/mol. The van der Waals surface area contributed by atoms with Gasteiger partial charge in [-0.05, 0) is 36.5 Å². The van der Waals surface area contributed by atoms with Gasteiger partial charge in [-0.15, -0.1) is 11.6 Å². The summed E-state index contributed by atoms with van der Waals surface area (Å²) in [5.41, 5.74) is 3.08. The van der Waals surface area contributed by atoms with Gasteiger partial charge in [0.1, 0.15) is 5.75 Å². The van der Waals surface area contributed by atoms with Crippen LogP contribution in [-0.2, 0) is 12.8 Å². The summed E-state index contributed by atoms with van der Waals surface area (Å²) < 4.78 is 5.33. The standard InChI is InChI=1S/C20H25ClO3/c1-24-19-11-5-4-10-18(19)20(23)17(14-22)13-16-8-3-2-7-15(16)9-6-12-21/h2-5,7-8,10-11,17,20,22-23H,6,9,12-14H2,1H3. The van der Waals surface area contributed by atoms with E-state index >= 15 is 0 Å². The Balaban J connectivity index is 2.20. The maximum Gasteiger partial charge on any atom is 0.124 e. The summed E-state index contributed by atoms with van der Waals surface area (Å²) in [6.07, 6.45) is 1.64. The molecule has 0 aliphatic carbocycles. The van der Waals surface area contributed by atoms with Crippen molar-refractivity contribution in [3.05, 3.63) is 65.2 Å². The smallest absolute Gasteiger partial charge is 0.124 e. The molecule has 24 heavy (non-hydrogen) atoms. The highest BCUT2D eigenvalue weighted by molar-refractivity contribution is 6.17. The summed E-state index contributed by atoms with van der Waals surface area (Å²) in [6.45, 7) is -0.0942. The van der Waals surface area contributed by atoms with E-state index in [2.05, 4.69) is 12.1 Å². The SMILES string of the molecule is COc1ccccc1C(O)C(CO)Cc1ccccc1CCCCl. The van der Waals surface area contributed by atoms with Gasteiger partial charge in [-0.1, -0.05) is 42.5 Å². The van der Waals surface area contributed by atoms with Crippen LogP contribution in [0.3, 0.4) is 0 Å². The molecule has 0 aromatic heterocycles. The molecule has 0 fully saturated rings. The third-order valence-corrected chi connectivity index (χ3v) is 4.59. The van der Waals surface area contributed by atoms with Crippen LogP contribution in [0.25, 0.3) is 0 Å². The van der Waals surface area contributed by atoms with Crippen molar-refractivity contribution in [2.75, 3.05) is 19.6 Å². The molecule has 2 rings (SSSR count). The number of ether oxygens (including phenoxy) is 1. The Morgan fingerprint density at radius 3 is 2.38 bits per heavy atom. The van der Waals surface area contributed by atoms with Gasteiger partial charge in [0, 0.05) is 24.0 Å². The third kappa shape index (κ3) is 4.73. The van der Waals surface area contributed by atoms with Crippen LogP contribution in [0.5, 0.6) is 5.75 Å². The molecule has 0 radical (unpaired) electrons. The number of aliphatic hydroxyl groups is 2. The van der Waals surface area contributed by atoms with Gasteiger partial charge in [-0.25, -0.2) is 0 Å². The van der Waals surface area contributed by atoms with E-state index in [9.17, 15) is 10.2 Å². The minimum absolute atomic E-state index is 0.0942. The summed E-state index contributed by atoms with van der Waals surface area (Å²) in [6, 6.07) is 15.5. The monoisotopic (exact) mass is 348 g/mol. The normalized spacial score (nSPS) is 13.5. The van der Waals surface area contributed by atoms with Crippen LogP contribution in [-0.4, -0.2) is 29.8 Å². The average Bonchev–Trinajstić information content (AvgIpc) is 2.64. The number of hydrogen-bond donors (Lipinski definition) is 2. The van der Waals surface area contributed by atoms with Gasteiger partial charge in [0.15, 0.2) is 0 Å². The first kappa shape index (κ1) is 18.8. The Bertz CT molecular complexity index is 630. The highest BCUT2D eigenvalue weighted by Gasteiger charge is 2.24. The molecule has 0 heterocycles. The van der Waals surface area contributed by atoms with Gasteiger partial charge in [0.2, 0.25) is 0 Å². The molecule has 0 aliphatic heterocycles. The highest BCUT2D eigenvalue weighted by atomic mass is 35.5. The zero-order valence-electron chi connectivity index (χ0n) is 14.0. The molecule has 0 amide bonds. The zero-order valence-corrected chi connectivity index (χ0v) is 14.7. The van der Waals surface area contributed by atoms with Crippen LogP contribution in [0.1, 0.15) is 29.2 Å². The molecule has 0 spiro atoms. The maximum absolute atomic E-state index is 10.8. The number of aryl methyl sites for hydroxylation is 1. The minimum atomic E-state index is -0.785. The lowest BCUT2D eigenvalue weighted by Crippen LogP contribution is -2.20. The Hall–Kier alpha value is -1.55. The Morgan fingerprint density at radius 1 is 1.04 bits per heavy atom. The number of rotatable bonds is 9. The fourth-order valence-corrected chi connectivity index (χ4v) is 3.11. The molecule has 0 saturated carbocycles. The number of benzene rings is 2. The number of para-hydroxylation sites is 1. The number of halogens is 1. The zero-order chi connectivity index (χ0) is 17.4. The van der Waals surface area contributed by atoms with Crippen LogP contribution < -0.4 is 4.74 Å². The first-order valence-corrected chi connectivity index (χ1v) is 8.79. The molecule has 2 N–H and O–H groups in total. The van der Waals surface area contributed by atoms with Crippen LogP contribution in [0.15, 0.2) is 48.5 Å². The van der Waals surface area contributed by atoms with E-state index in [1.807, 2.05) is 36.4 Å². The van der Waals surface area contributed by atoms with Crippen molar-refractivity contribution in [2.45, 2.75) is 25.4 Å². The van der Waals surface area contributed by atoms with Gasteiger partial charge in [-0.3, -0.25) is 0 Å². The summed E-state index contributed by atoms with van der Waals surface area (Å²) >= 11 is 5.81. The maximum atomic E-state index is 10.8. The molecule has 0 bridgehead atoms. The van der Waals surface area contributed by atoms with E-state index in [1.54, 1.807) is 7.11 Å². The molecule has 2 unspecified atom stereocenters.